The van der Waals surface area contributed by atoms with Crippen molar-refractivity contribution < 1.29 is 29.3 Å². The van der Waals surface area contributed by atoms with E-state index in [1.165, 1.54) is 0 Å². The lowest BCUT2D eigenvalue weighted by molar-refractivity contribution is -0.137. The Bertz CT molecular complexity index is 976. The van der Waals surface area contributed by atoms with Crippen LogP contribution in [0.4, 0.5) is 0 Å². The maximum atomic E-state index is 13.5. The van der Waals surface area contributed by atoms with Gasteiger partial charge in [-0.2, -0.15) is 0 Å². The summed E-state index contributed by atoms with van der Waals surface area (Å²) in [6, 6.07) is 6.77. The third kappa shape index (κ3) is 6.41. The van der Waals surface area contributed by atoms with E-state index in [1.54, 1.807) is 11.0 Å². The van der Waals surface area contributed by atoms with Crippen molar-refractivity contribution in [2.24, 2.45) is 0 Å². The number of allylic oxidation sites excluding steroid dienone is 1. The maximum Gasteiger partial charge on any atom is 0.247 e. The van der Waals surface area contributed by atoms with Gasteiger partial charge < -0.3 is 29.9 Å². The van der Waals surface area contributed by atoms with Crippen LogP contribution in [-0.2, 0) is 14.3 Å². The van der Waals surface area contributed by atoms with Gasteiger partial charge in [0.15, 0.2) is 0 Å². The molecule has 202 valence electrons. The van der Waals surface area contributed by atoms with Gasteiger partial charge >= 0.3 is 0 Å². The first-order valence-corrected chi connectivity index (χ1v) is 13.3. The molecule has 9 nitrogen and oxygen atoms in total. The van der Waals surface area contributed by atoms with Crippen LogP contribution in [0.5, 0.6) is 5.75 Å². The van der Waals surface area contributed by atoms with Crippen LogP contribution in [0.1, 0.15) is 37.2 Å². The monoisotopic (exact) mass is 513 g/mol. The van der Waals surface area contributed by atoms with Gasteiger partial charge in [-0.05, 0) is 31.4 Å². The van der Waals surface area contributed by atoms with Crippen LogP contribution in [0.25, 0.3) is 0 Å². The summed E-state index contributed by atoms with van der Waals surface area (Å²) < 4.78 is 11.6. The van der Waals surface area contributed by atoms with Crippen LogP contribution >= 0.6 is 0 Å². The predicted molar refractivity (Wildman–Crippen MR) is 139 cm³/mol. The summed E-state index contributed by atoms with van der Waals surface area (Å²) >= 11 is 0. The molecule has 0 saturated carbocycles. The molecule has 1 saturated heterocycles. The van der Waals surface area contributed by atoms with Crippen LogP contribution in [0.3, 0.4) is 0 Å². The molecule has 0 aromatic heterocycles. The van der Waals surface area contributed by atoms with Gasteiger partial charge in [-0.3, -0.25) is 14.5 Å². The first-order valence-electron chi connectivity index (χ1n) is 13.3. The van der Waals surface area contributed by atoms with Crippen molar-refractivity contribution >= 4 is 11.8 Å². The number of hydrogen-bond donors (Lipinski definition) is 3. The Kier molecular flexibility index (Phi) is 9.74. The van der Waals surface area contributed by atoms with Gasteiger partial charge in [-0.1, -0.05) is 24.3 Å². The van der Waals surface area contributed by atoms with E-state index in [0.29, 0.717) is 44.0 Å². The number of amides is 2. The smallest absolute Gasteiger partial charge is 0.247 e. The first-order chi connectivity index (χ1) is 18.0. The van der Waals surface area contributed by atoms with Crippen molar-refractivity contribution in [3.8, 4) is 5.75 Å². The molecule has 3 N–H and O–H groups in total. The minimum Gasteiger partial charge on any atom is -0.486 e. The number of morpholine rings is 1. The fourth-order valence-corrected chi connectivity index (χ4v) is 5.41. The van der Waals surface area contributed by atoms with Crippen molar-refractivity contribution in [1.82, 2.24) is 15.1 Å². The average molecular weight is 514 g/mol. The Balaban J connectivity index is 1.62. The van der Waals surface area contributed by atoms with Crippen molar-refractivity contribution in [2.45, 2.75) is 49.9 Å². The maximum absolute atomic E-state index is 13.5. The fraction of sp³-hybridized carbons (Fsp3) is 0.571. The summed E-state index contributed by atoms with van der Waals surface area (Å²) in [6.45, 7) is 7.67. The number of rotatable bonds is 12. The van der Waals surface area contributed by atoms with Crippen LogP contribution in [0, 0.1) is 0 Å². The van der Waals surface area contributed by atoms with E-state index >= 15 is 0 Å². The number of carbonyl (C=O) groups excluding carboxylic acids is 2. The van der Waals surface area contributed by atoms with Gasteiger partial charge in [0, 0.05) is 50.3 Å². The van der Waals surface area contributed by atoms with E-state index in [9.17, 15) is 19.8 Å². The van der Waals surface area contributed by atoms with Gasteiger partial charge in [0.05, 0.1) is 31.8 Å². The normalized spacial score (nSPS) is 24.9. The molecule has 9 heteroatoms. The topological polar surface area (TPSA) is 112 Å². The van der Waals surface area contributed by atoms with Gasteiger partial charge in [0.1, 0.15) is 18.0 Å². The van der Waals surface area contributed by atoms with Crippen molar-refractivity contribution in [1.29, 1.82) is 0 Å². The minimum atomic E-state index is -1.01. The number of para-hydroxylation sites is 1. The van der Waals surface area contributed by atoms with E-state index in [0.717, 1.165) is 37.9 Å². The third-order valence-corrected chi connectivity index (χ3v) is 7.37. The average Bonchev–Trinajstić information content (AvgIpc) is 3.32. The molecule has 1 aromatic rings. The number of hydrogen-bond acceptors (Lipinski definition) is 7. The summed E-state index contributed by atoms with van der Waals surface area (Å²) in [6.07, 6.45) is 4.69. The van der Waals surface area contributed by atoms with E-state index < -0.39 is 24.2 Å². The lowest BCUT2D eigenvalue weighted by Crippen LogP contribution is -2.57. The molecule has 0 bridgehead atoms. The van der Waals surface area contributed by atoms with Gasteiger partial charge in [-0.25, -0.2) is 0 Å². The summed E-state index contributed by atoms with van der Waals surface area (Å²) in [4.78, 5) is 30.7. The second-order valence-corrected chi connectivity index (χ2v) is 9.76. The highest BCUT2D eigenvalue weighted by Crippen LogP contribution is 2.47. The fourth-order valence-electron chi connectivity index (χ4n) is 5.41. The number of carbonyl (C=O) groups is 2. The van der Waals surface area contributed by atoms with E-state index in [4.69, 9.17) is 9.47 Å². The Labute approximate surface area is 218 Å². The summed E-state index contributed by atoms with van der Waals surface area (Å²) in [5, 5.41) is 23.6. The Morgan fingerprint density at radius 2 is 2.00 bits per heavy atom. The number of nitrogens with zero attached hydrogens (tertiary/aromatic N) is 2. The molecule has 1 aromatic carbocycles. The molecule has 1 aliphatic carbocycles. The standard InChI is InChI=1S/C28H39N3O6/c1-2-3-4-5-10-24(33)31(13-12-30-14-17-36-18-15-30)22-19-21(28(35)29-11-16-32)25-20-8-6-7-9-23(20)37-27(25)26(22)34/h2,6-9,19,22,25-27,32,34H,1,3-5,10-18H2,(H,29,35)/t22-,25+,26+,27+/m1/s1. The second-order valence-electron chi connectivity index (χ2n) is 9.76. The lowest BCUT2D eigenvalue weighted by Gasteiger charge is -2.41. The van der Waals surface area contributed by atoms with Crippen LogP contribution in [-0.4, -0.2) is 103 Å². The molecular weight excluding hydrogens is 474 g/mol. The van der Waals surface area contributed by atoms with Crippen molar-refractivity contribution in [3.05, 3.63) is 54.1 Å². The molecule has 2 amide bonds. The Hall–Kier alpha value is -2.72. The number of nitrogens with one attached hydrogen (secondary N) is 1. The predicted octanol–water partition coefficient (Wildman–Crippen LogP) is 1.22. The molecule has 0 spiro atoms. The Morgan fingerprint density at radius 3 is 2.76 bits per heavy atom. The van der Waals surface area contributed by atoms with Crippen LogP contribution in [0.2, 0.25) is 0 Å². The summed E-state index contributed by atoms with van der Waals surface area (Å²) in [7, 11) is 0. The van der Waals surface area contributed by atoms with Crippen LogP contribution < -0.4 is 10.1 Å². The number of unbranched alkanes of at least 4 members (excludes halogenated alkanes) is 2. The van der Waals surface area contributed by atoms with E-state index in [2.05, 4.69) is 16.8 Å². The van der Waals surface area contributed by atoms with Gasteiger partial charge in [-0.15, -0.1) is 6.58 Å². The first kappa shape index (κ1) is 27.3. The van der Waals surface area contributed by atoms with E-state index in [1.807, 2.05) is 30.3 Å². The quantitative estimate of drug-likeness (QED) is 0.285. The van der Waals surface area contributed by atoms with Gasteiger partial charge in [0.25, 0.3) is 0 Å². The number of ether oxygens (including phenoxy) is 2. The number of benzene rings is 1. The highest BCUT2D eigenvalue weighted by Gasteiger charge is 2.50. The van der Waals surface area contributed by atoms with Crippen molar-refractivity contribution in [3.63, 3.8) is 0 Å². The van der Waals surface area contributed by atoms with E-state index in [-0.39, 0.29) is 25.0 Å². The van der Waals surface area contributed by atoms with Crippen molar-refractivity contribution in [2.75, 3.05) is 52.5 Å². The zero-order chi connectivity index (χ0) is 26.2. The molecule has 3 aliphatic rings. The molecule has 0 unspecified atom stereocenters. The molecular formula is C28H39N3O6. The highest BCUT2D eigenvalue weighted by molar-refractivity contribution is 5.96. The molecule has 1 fully saturated rings. The third-order valence-electron chi connectivity index (χ3n) is 7.37. The molecule has 4 rings (SSSR count). The molecule has 2 heterocycles. The number of fused-ring (bicyclic) bond motifs is 3. The lowest BCUT2D eigenvalue weighted by atomic mass is 9.77. The van der Waals surface area contributed by atoms with Crippen LogP contribution in [0.15, 0.2) is 48.6 Å². The number of aliphatic hydroxyl groups is 2. The highest BCUT2D eigenvalue weighted by atomic mass is 16.5. The van der Waals surface area contributed by atoms with Gasteiger partial charge in [0.2, 0.25) is 11.8 Å². The second kappa shape index (κ2) is 13.2. The summed E-state index contributed by atoms with van der Waals surface area (Å²) in [5.41, 5.74) is 1.29. The molecule has 37 heavy (non-hydrogen) atoms. The molecule has 0 radical (unpaired) electrons. The SMILES string of the molecule is C=CCCCCC(=O)N(CCN1CCOCC1)[C@@H]1C=C(C(=O)NCCO)[C@@H]2c3ccccc3O[C@@H]2[C@H]1O. The number of aliphatic hydroxyl groups excluding tert-OH is 2. The Morgan fingerprint density at radius 1 is 1.22 bits per heavy atom. The summed E-state index contributed by atoms with van der Waals surface area (Å²) in [5.74, 6) is -0.201. The minimum absolute atomic E-state index is 0.0540. The molecule has 2 aliphatic heterocycles. The zero-order valence-electron chi connectivity index (χ0n) is 21.4. The molecule has 4 atom stereocenters. The largest absolute Gasteiger partial charge is 0.486 e. The zero-order valence-corrected chi connectivity index (χ0v) is 21.4.